The van der Waals surface area contributed by atoms with Crippen molar-refractivity contribution in [1.82, 2.24) is 5.32 Å². The fourth-order valence-electron chi connectivity index (χ4n) is 2.81. The maximum absolute atomic E-state index is 12.4. The molecule has 2 rings (SSSR count). The Bertz CT molecular complexity index is 570. The Kier molecular flexibility index (Phi) is 4.94. The summed E-state index contributed by atoms with van der Waals surface area (Å²) in [5.74, 6) is 0.399. The number of benzene rings is 1. The van der Waals surface area contributed by atoms with Crippen LogP contribution >= 0.6 is 0 Å². The summed E-state index contributed by atoms with van der Waals surface area (Å²) >= 11 is 0. The lowest BCUT2D eigenvalue weighted by atomic mass is 9.86. The summed E-state index contributed by atoms with van der Waals surface area (Å²) in [7, 11) is -3.31. The minimum Gasteiger partial charge on any atom is -0.316 e. The molecule has 0 amide bonds. The van der Waals surface area contributed by atoms with Crippen LogP contribution in [-0.2, 0) is 15.4 Å². The Hall–Kier alpha value is -1.07. The summed E-state index contributed by atoms with van der Waals surface area (Å²) in [4.78, 5) is 0. The fraction of sp³-hybridized carbons (Fsp3) is 0.625. The lowest BCUT2D eigenvalue weighted by Gasteiger charge is -2.25. The smallest absolute Gasteiger partial charge is 0.233 e. The predicted octanol–water partition coefficient (Wildman–Crippen LogP) is 2.73. The first-order valence-corrected chi connectivity index (χ1v) is 9.24. The van der Waals surface area contributed by atoms with Gasteiger partial charge in [0.05, 0.1) is 11.4 Å². The number of hydrogen-bond donors (Lipinski definition) is 2. The van der Waals surface area contributed by atoms with E-state index in [0.717, 1.165) is 31.5 Å². The third-order valence-corrected chi connectivity index (χ3v) is 5.30. The van der Waals surface area contributed by atoms with E-state index in [2.05, 4.69) is 30.8 Å². The molecule has 1 atom stereocenters. The molecule has 1 aromatic rings. The van der Waals surface area contributed by atoms with E-state index in [9.17, 15) is 8.42 Å². The van der Waals surface area contributed by atoms with Crippen LogP contribution in [0.1, 0.15) is 39.2 Å². The first kappa shape index (κ1) is 16.3. The number of hydrogen-bond acceptors (Lipinski definition) is 3. The molecule has 1 fully saturated rings. The number of piperidine rings is 1. The zero-order valence-electron chi connectivity index (χ0n) is 13.1. The van der Waals surface area contributed by atoms with Gasteiger partial charge in [-0.2, -0.15) is 0 Å². The molecular formula is C16H26N2O2S. The van der Waals surface area contributed by atoms with Crippen molar-refractivity contribution < 1.29 is 8.42 Å². The van der Waals surface area contributed by atoms with Gasteiger partial charge in [-0.3, -0.25) is 4.72 Å². The highest BCUT2D eigenvalue weighted by Gasteiger charge is 2.24. The second-order valence-corrected chi connectivity index (χ2v) is 8.66. The maximum atomic E-state index is 12.4. The molecule has 5 heteroatoms. The molecule has 0 radical (unpaired) electrons. The molecule has 4 nitrogen and oxygen atoms in total. The van der Waals surface area contributed by atoms with Crippen LogP contribution in [0.25, 0.3) is 0 Å². The van der Waals surface area contributed by atoms with Crippen LogP contribution in [-0.4, -0.2) is 27.3 Å². The van der Waals surface area contributed by atoms with Gasteiger partial charge in [0.15, 0.2) is 0 Å². The lowest BCUT2D eigenvalue weighted by molar-refractivity contribution is 0.404. The molecule has 1 aromatic carbocycles. The van der Waals surface area contributed by atoms with Crippen molar-refractivity contribution >= 4 is 15.7 Å². The summed E-state index contributed by atoms with van der Waals surface area (Å²) < 4.78 is 27.6. The molecule has 1 aliphatic rings. The summed E-state index contributed by atoms with van der Waals surface area (Å²) in [5, 5.41) is 3.26. The SMILES string of the molecule is CC(C)(C)c1ccccc1NS(=O)(=O)CC1CCCNC1. The molecule has 0 aliphatic carbocycles. The number of sulfonamides is 1. The van der Waals surface area contributed by atoms with E-state index in [1.165, 1.54) is 0 Å². The maximum Gasteiger partial charge on any atom is 0.233 e. The Balaban J connectivity index is 2.13. The van der Waals surface area contributed by atoms with Crippen LogP contribution < -0.4 is 10.0 Å². The van der Waals surface area contributed by atoms with E-state index in [4.69, 9.17) is 0 Å². The van der Waals surface area contributed by atoms with Crippen LogP contribution in [0.5, 0.6) is 0 Å². The average molecular weight is 310 g/mol. The van der Waals surface area contributed by atoms with Crippen molar-refractivity contribution in [3.63, 3.8) is 0 Å². The van der Waals surface area contributed by atoms with Gasteiger partial charge in [-0.15, -0.1) is 0 Å². The minimum atomic E-state index is -3.31. The molecule has 1 saturated heterocycles. The van der Waals surface area contributed by atoms with Gasteiger partial charge < -0.3 is 5.32 Å². The summed E-state index contributed by atoms with van der Waals surface area (Å²) in [5.41, 5.74) is 1.63. The van der Waals surface area contributed by atoms with Gasteiger partial charge in [0.25, 0.3) is 0 Å². The van der Waals surface area contributed by atoms with E-state index in [1.807, 2.05) is 24.3 Å². The molecule has 2 N–H and O–H groups in total. The van der Waals surface area contributed by atoms with Gasteiger partial charge >= 0.3 is 0 Å². The highest BCUT2D eigenvalue weighted by Crippen LogP contribution is 2.30. The average Bonchev–Trinajstić information content (AvgIpc) is 2.38. The number of para-hydroxylation sites is 1. The Morgan fingerprint density at radius 1 is 1.29 bits per heavy atom. The Labute approximate surface area is 128 Å². The molecule has 1 unspecified atom stereocenters. The van der Waals surface area contributed by atoms with E-state index >= 15 is 0 Å². The Morgan fingerprint density at radius 3 is 2.62 bits per heavy atom. The van der Waals surface area contributed by atoms with Crippen molar-refractivity contribution in [1.29, 1.82) is 0 Å². The lowest BCUT2D eigenvalue weighted by Crippen LogP contribution is -2.35. The van der Waals surface area contributed by atoms with Crippen molar-refractivity contribution in [3.05, 3.63) is 29.8 Å². The van der Waals surface area contributed by atoms with Crippen molar-refractivity contribution in [2.24, 2.45) is 5.92 Å². The van der Waals surface area contributed by atoms with E-state index in [0.29, 0.717) is 5.69 Å². The van der Waals surface area contributed by atoms with Gasteiger partial charge in [0, 0.05) is 0 Å². The van der Waals surface area contributed by atoms with Crippen molar-refractivity contribution in [2.45, 2.75) is 39.0 Å². The largest absolute Gasteiger partial charge is 0.316 e. The van der Waals surface area contributed by atoms with E-state index in [-0.39, 0.29) is 17.1 Å². The van der Waals surface area contributed by atoms with Gasteiger partial charge in [-0.05, 0) is 48.9 Å². The van der Waals surface area contributed by atoms with Crippen molar-refractivity contribution in [2.75, 3.05) is 23.6 Å². The highest BCUT2D eigenvalue weighted by molar-refractivity contribution is 7.92. The molecule has 0 saturated carbocycles. The topological polar surface area (TPSA) is 58.2 Å². The highest BCUT2D eigenvalue weighted by atomic mass is 32.2. The molecule has 1 heterocycles. The number of rotatable bonds is 4. The van der Waals surface area contributed by atoms with Crippen molar-refractivity contribution in [3.8, 4) is 0 Å². The van der Waals surface area contributed by atoms with Crippen LogP contribution in [0.3, 0.4) is 0 Å². The first-order chi connectivity index (χ1) is 9.78. The second kappa shape index (κ2) is 6.36. The molecule has 118 valence electrons. The third-order valence-electron chi connectivity index (χ3n) is 3.85. The normalized spacial score (nSPS) is 20.2. The zero-order chi connectivity index (χ0) is 15.5. The molecule has 21 heavy (non-hydrogen) atoms. The predicted molar refractivity (Wildman–Crippen MR) is 88.1 cm³/mol. The second-order valence-electron chi connectivity index (χ2n) is 6.89. The summed E-state index contributed by atoms with van der Waals surface area (Å²) in [6.07, 6.45) is 2.04. The van der Waals surface area contributed by atoms with Crippen LogP contribution in [0.2, 0.25) is 0 Å². The Morgan fingerprint density at radius 2 is 2.00 bits per heavy atom. The molecular weight excluding hydrogens is 284 g/mol. The summed E-state index contributed by atoms with van der Waals surface area (Å²) in [6.45, 7) is 8.06. The van der Waals surface area contributed by atoms with E-state index in [1.54, 1.807) is 0 Å². The molecule has 0 bridgehead atoms. The quantitative estimate of drug-likeness (QED) is 0.899. The minimum absolute atomic E-state index is 0.0918. The monoisotopic (exact) mass is 310 g/mol. The van der Waals surface area contributed by atoms with E-state index < -0.39 is 10.0 Å². The van der Waals surface area contributed by atoms with Gasteiger partial charge in [0.2, 0.25) is 10.0 Å². The van der Waals surface area contributed by atoms with Gasteiger partial charge in [0.1, 0.15) is 0 Å². The first-order valence-electron chi connectivity index (χ1n) is 7.59. The van der Waals surface area contributed by atoms with Gasteiger partial charge in [-0.1, -0.05) is 39.0 Å². The fourth-order valence-corrected chi connectivity index (χ4v) is 4.31. The van der Waals surface area contributed by atoms with Crippen LogP contribution in [0.15, 0.2) is 24.3 Å². The molecule has 0 spiro atoms. The number of nitrogens with one attached hydrogen (secondary N) is 2. The standard InChI is InChI=1S/C16H26N2O2S/c1-16(2,3)14-8-4-5-9-15(14)18-21(19,20)12-13-7-6-10-17-11-13/h4-5,8-9,13,17-18H,6-7,10-12H2,1-3H3. The van der Waals surface area contributed by atoms with Crippen LogP contribution in [0.4, 0.5) is 5.69 Å². The summed E-state index contributed by atoms with van der Waals surface area (Å²) in [6, 6.07) is 7.65. The third kappa shape index (κ3) is 4.71. The van der Waals surface area contributed by atoms with Crippen LogP contribution in [0, 0.1) is 5.92 Å². The molecule has 1 aliphatic heterocycles. The molecule has 0 aromatic heterocycles. The van der Waals surface area contributed by atoms with Gasteiger partial charge in [-0.25, -0.2) is 8.42 Å². The zero-order valence-corrected chi connectivity index (χ0v) is 14.0. The number of anilines is 1.